The van der Waals surface area contributed by atoms with Gasteiger partial charge < -0.3 is 21.5 Å². The standard InChI is InChI=1S/C25H31F2N5O.C2H6/c1-2-25(21-8-12-30-24(31-21)32-13-9-17(33)10-14-32)11-4-5-16(23(25)29)15-20(28)22-18(26)6-3-7-19(22)27;1-2/h3,6-8,12,15,17,33H,2,4-5,9-11,13-14,28-29H2,1H3;1-2H3/b20-15-;. The van der Waals surface area contributed by atoms with Gasteiger partial charge in [-0.1, -0.05) is 26.8 Å². The normalized spacial score (nSPS) is 21.5. The van der Waals surface area contributed by atoms with Gasteiger partial charge in [0.05, 0.1) is 22.8 Å². The molecule has 1 aliphatic heterocycles. The number of halogens is 2. The van der Waals surface area contributed by atoms with E-state index >= 15 is 0 Å². The number of aliphatic hydroxyl groups excluding tert-OH is 1. The molecule has 1 unspecified atom stereocenters. The number of benzene rings is 1. The highest BCUT2D eigenvalue weighted by atomic mass is 19.1. The van der Waals surface area contributed by atoms with Crippen LogP contribution in [0.3, 0.4) is 0 Å². The van der Waals surface area contributed by atoms with E-state index in [1.807, 2.05) is 19.9 Å². The van der Waals surface area contributed by atoms with Crippen molar-refractivity contribution in [3.8, 4) is 0 Å². The third-order valence-electron chi connectivity index (χ3n) is 6.98. The smallest absolute Gasteiger partial charge is 0.225 e. The topological polar surface area (TPSA) is 101 Å². The van der Waals surface area contributed by atoms with Crippen LogP contribution in [0, 0.1) is 11.6 Å². The number of hydrogen-bond acceptors (Lipinski definition) is 6. The molecular formula is C27H37F2N5O. The summed E-state index contributed by atoms with van der Waals surface area (Å²) in [4.78, 5) is 11.4. The van der Waals surface area contributed by atoms with Gasteiger partial charge in [-0.25, -0.2) is 18.7 Å². The maximum absolute atomic E-state index is 14.2. The van der Waals surface area contributed by atoms with Crippen LogP contribution in [0.25, 0.3) is 5.70 Å². The van der Waals surface area contributed by atoms with Crippen molar-refractivity contribution in [3.05, 3.63) is 70.7 Å². The number of aromatic nitrogens is 2. The molecule has 8 heteroatoms. The van der Waals surface area contributed by atoms with Crippen LogP contribution in [0.15, 0.2) is 47.8 Å². The third-order valence-corrected chi connectivity index (χ3v) is 6.98. The van der Waals surface area contributed by atoms with E-state index in [-0.39, 0.29) is 17.4 Å². The minimum atomic E-state index is -0.701. The van der Waals surface area contributed by atoms with Crippen molar-refractivity contribution in [1.29, 1.82) is 0 Å². The van der Waals surface area contributed by atoms with E-state index in [1.54, 1.807) is 12.3 Å². The summed E-state index contributed by atoms with van der Waals surface area (Å²) in [5.41, 5.74) is 14.4. The molecule has 0 spiro atoms. The first-order valence-corrected chi connectivity index (χ1v) is 12.5. The summed E-state index contributed by atoms with van der Waals surface area (Å²) in [6.45, 7) is 7.47. The molecule has 2 heterocycles. The Bertz CT molecular complexity index is 1060. The molecule has 2 aromatic rings. The molecule has 4 rings (SSSR count). The number of nitrogens with two attached hydrogens (primary N) is 2. The highest BCUT2D eigenvalue weighted by Crippen LogP contribution is 2.44. The SMILES string of the molecule is CC.CCC1(c2ccnc(N3CCC(O)CC3)n2)CCCC(/C=C(\N)c2c(F)cccc2F)=C1N. The Morgan fingerprint density at radius 2 is 1.86 bits per heavy atom. The van der Waals surface area contributed by atoms with Crippen molar-refractivity contribution in [2.45, 2.75) is 70.8 Å². The molecule has 190 valence electrons. The number of anilines is 1. The number of allylic oxidation sites excluding steroid dienone is 3. The molecule has 1 atom stereocenters. The molecule has 0 bridgehead atoms. The summed E-state index contributed by atoms with van der Waals surface area (Å²) in [6.07, 6.45) is 7.52. The summed E-state index contributed by atoms with van der Waals surface area (Å²) in [5, 5.41) is 9.81. The molecule has 6 nitrogen and oxygen atoms in total. The van der Waals surface area contributed by atoms with Gasteiger partial charge in [0.15, 0.2) is 0 Å². The molecule has 1 aliphatic carbocycles. The highest BCUT2D eigenvalue weighted by molar-refractivity contribution is 5.67. The van der Waals surface area contributed by atoms with Crippen LogP contribution in [-0.4, -0.2) is 34.3 Å². The molecule has 5 N–H and O–H groups in total. The fraction of sp³-hybridized carbons (Fsp3) is 0.481. The van der Waals surface area contributed by atoms with Gasteiger partial charge in [-0.2, -0.15) is 0 Å². The molecule has 1 saturated heterocycles. The first kappa shape index (κ1) is 26.6. The van der Waals surface area contributed by atoms with Crippen molar-refractivity contribution in [2.24, 2.45) is 11.5 Å². The molecular weight excluding hydrogens is 448 g/mol. The Morgan fingerprint density at radius 1 is 1.20 bits per heavy atom. The quantitative estimate of drug-likeness (QED) is 0.563. The minimum Gasteiger partial charge on any atom is -0.401 e. The summed E-state index contributed by atoms with van der Waals surface area (Å²) in [7, 11) is 0. The van der Waals surface area contributed by atoms with Crippen LogP contribution in [0.2, 0.25) is 0 Å². The largest absolute Gasteiger partial charge is 0.401 e. The van der Waals surface area contributed by atoms with Gasteiger partial charge in [-0.05, 0) is 68.4 Å². The lowest BCUT2D eigenvalue weighted by Gasteiger charge is -2.38. The first-order chi connectivity index (χ1) is 16.9. The Balaban J connectivity index is 0.00000167. The van der Waals surface area contributed by atoms with E-state index in [2.05, 4.69) is 16.8 Å². The molecule has 1 aromatic carbocycles. The summed E-state index contributed by atoms with van der Waals surface area (Å²) >= 11 is 0. The lowest BCUT2D eigenvalue weighted by Crippen LogP contribution is -2.39. The second-order valence-electron chi connectivity index (χ2n) is 8.88. The van der Waals surface area contributed by atoms with E-state index < -0.39 is 17.0 Å². The van der Waals surface area contributed by atoms with E-state index in [4.69, 9.17) is 16.5 Å². The average Bonchev–Trinajstić information content (AvgIpc) is 2.87. The van der Waals surface area contributed by atoms with E-state index in [0.717, 1.165) is 30.5 Å². The number of aliphatic hydroxyl groups is 1. The van der Waals surface area contributed by atoms with Gasteiger partial charge in [0.2, 0.25) is 5.95 Å². The predicted molar refractivity (Wildman–Crippen MR) is 136 cm³/mol. The van der Waals surface area contributed by atoms with E-state index in [9.17, 15) is 13.9 Å². The monoisotopic (exact) mass is 485 g/mol. The minimum absolute atomic E-state index is 0.0192. The molecule has 1 fully saturated rings. The van der Waals surface area contributed by atoms with Crippen LogP contribution in [0.1, 0.15) is 70.6 Å². The van der Waals surface area contributed by atoms with Crippen LogP contribution < -0.4 is 16.4 Å². The molecule has 0 radical (unpaired) electrons. The van der Waals surface area contributed by atoms with Crippen molar-refractivity contribution < 1.29 is 13.9 Å². The fourth-order valence-electron chi connectivity index (χ4n) is 4.99. The zero-order chi connectivity index (χ0) is 25.6. The maximum atomic E-state index is 14.2. The Morgan fingerprint density at radius 3 is 2.49 bits per heavy atom. The number of hydrogen-bond donors (Lipinski definition) is 3. The average molecular weight is 486 g/mol. The lowest BCUT2D eigenvalue weighted by molar-refractivity contribution is 0.145. The predicted octanol–water partition coefficient (Wildman–Crippen LogP) is 4.79. The molecule has 0 amide bonds. The second-order valence-corrected chi connectivity index (χ2v) is 8.88. The van der Waals surface area contributed by atoms with Gasteiger partial charge in [-0.3, -0.25) is 0 Å². The van der Waals surface area contributed by atoms with Gasteiger partial charge >= 0.3 is 0 Å². The Labute approximate surface area is 206 Å². The zero-order valence-electron chi connectivity index (χ0n) is 20.9. The molecule has 2 aliphatic rings. The van der Waals surface area contributed by atoms with Crippen LogP contribution in [-0.2, 0) is 5.41 Å². The summed E-state index contributed by atoms with van der Waals surface area (Å²) in [6, 6.07) is 5.59. The number of rotatable bonds is 5. The molecule has 35 heavy (non-hydrogen) atoms. The van der Waals surface area contributed by atoms with Crippen LogP contribution in [0.5, 0.6) is 0 Å². The number of nitrogens with zero attached hydrogens (tertiary/aromatic N) is 3. The van der Waals surface area contributed by atoms with Crippen molar-refractivity contribution in [1.82, 2.24) is 9.97 Å². The Hall–Kier alpha value is -3.00. The summed E-state index contributed by atoms with van der Waals surface area (Å²) < 4.78 is 28.5. The third kappa shape index (κ3) is 5.48. The van der Waals surface area contributed by atoms with Gasteiger partial charge in [0, 0.05) is 30.7 Å². The molecule has 0 saturated carbocycles. The van der Waals surface area contributed by atoms with Crippen LogP contribution >= 0.6 is 0 Å². The number of piperidine rings is 1. The summed E-state index contributed by atoms with van der Waals surface area (Å²) in [5.74, 6) is -0.768. The van der Waals surface area contributed by atoms with Gasteiger partial charge in [0.25, 0.3) is 0 Å². The van der Waals surface area contributed by atoms with Crippen LogP contribution in [0.4, 0.5) is 14.7 Å². The zero-order valence-corrected chi connectivity index (χ0v) is 20.9. The second kappa shape index (κ2) is 11.6. The fourth-order valence-corrected chi connectivity index (χ4v) is 4.99. The first-order valence-electron chi connectivity index (χ1n) is 12.5. The van der Waals surface area contributed by atoms with Gasteiger partial charge in [0.1, 0.15) is 11.6 Å². The Kier molecular flexibility index (Phi) is 8.83. The van der Waals surface area contributed by atoms with Crippen molar-refractivity contribution in [2.75, 3.05) is 18.0 Å². The highest BCUT2D eigenvalue weighted by Gasteiger charge is 2.39. The maximum Gasteiger partial charge on any atom is 0.225 e. The lowest BCUT2D eigenvalue weighted by atomic mass is 9.69. The van der Waals surface area contributed by atoms with Crippen molar-refractivity contribution >= 4 is 11.6 Å². The van der Waals surface area contributed by atoms with Crippen molar-refractivity contribution in [3.63, 3.8) is 0 Å². The van der Waals surface area contributed by atoms with E-state index in [1.165, 1.54) is 18.2 Å². The van der Waals surface area contributed by atoms with Gasteiger partial charge in [-0.15, -0.1) is 0 Å². The molecule has 1 aromatic heterocycles. The van der Waals surface area contributed by atoms with E-state index in [0.29, 0.717) is 44.0 Å².